The van der Waals surface area contributed by atoms with Gasteiger partial charge in [0.05, 0.1) is 6.61 Å². The zero-order chi connectivity index (χ0) is 14.4. The highest BCUT2D eigenvalue weighted by atomic mass is 16.3. The quantitative estimate of drug-likeness (QED) is 0.830. The van der Waals surface area contributed by atoms with E-state index in [1.54, 1.807) is 0 Å². The van der Waals surface area contributed by atoms with Gasteiger partial charge in [-0.2, -0.15) is 0 Å². The van der Waals surface area contributed by atoms with Gasteiger partial charge < -0.3 is 15.3 Å². The minimum Gasteiger partial charge on any atom is -0.394 e. The molecule has 3 heteroatoms. The standard InChI is InChI=1S/C17H32N2O/c1-16(2,3)13-7-9-19(11-13)15-6-8-17(10-15,12-20)18-14-4-5-14/h13-15,18,20H,4-12H2,1-3H3. The lowest BCUT2D eigenvalue weighted by Gasteiger charge is -2.32. The molecular weight excluding hydrogens is 248 g/mol. The highest BCUT2D eigenvalue weighted by Crippen LogP contribution is 2.40. The van der Waals surface area contributed by atoms with Gasteiger partial charge in [-0.05, 0) is 56.4 Å². The van der Waals surface area contributed by atoms with Crippen LogP contribution in [0.1, 0.15) is 59.3 Å². The molecule has 20 heavy (non-hydrogen) atoms. The lowest BCUT2D eigenvalue weighted by atomic mass is 9.80. The van der Waals surface area contributed by atoms with Crippen molar-refractivity contribution in [2.24, 2.45) is 11.3 Å². The monoisotopic (exact) mass is 280 g/mol. The molecule has 0 bridgehead atoms. The van der Waals surface area contributed by atoms with Crippen LogP contribution in [0.25, 0.3) is 0 Å². The number of aliphatic hydroxyl groups is 1. The number of aliphatic hydroxyl groups excluding tert-OH is 1. The summed E-state index contributed by atoms with van der Waals surface area (Å²) >= 11 is 0. The Balaban J connectivity index is 1.57. The van der Waals surface area contributed by atoms with E-state index in [0.717, 1.165) is 18.8 Å². The number of hydrogen-bond acceptors (Lipinski definition) is 3. The van der Waals surface area contributed by atoms with Crippen molar-refractivity contribution in [2.45, 2.75) is 76.9 Å². The topological polar surface area (TPSA) is 35.5 Å². The SMILES string of the molecule is CC(C)(C)C1CCN(C2CCC(CO)(NC3CC3)C2)C1. The molecule has 0 aromatic carbocycles. The molecule has 2 aliphatic carbocycles. The summed E-state index contributed by atoms with van der Waals surface area (Å²) in [5, 5.41) is 13.6. The van der Waals surface area contributed by atoms with Gasteiger partial charge in [0.25, 0.3) is 0 Å². The van der Waals surface area contributed by atoms with Gasteiger partial charge in [0, 0.05) is 24.2 Å². The average molecular weight is 280 g/mol. The van der Waals surface area contributed by atoms with Crippen LogP contribution < -0.4 is 5.32 Å². The second-order valence-corrected chi connectivity index (χ2v) is 8.60. The van der Waals surface area contributed by atoms with Crippen LogP contribution in [0, 0.1) is 11.3 Å². The summed E-state index contributed by atoms with van der Waals surface area (Å²) in [5.41, 5.74) is 0.472. The maximum atomic E-state index is 9.85. The summed E-state index contributed by atoms with van der Waals surface area (Å²) in [5.74, 6) is 0.836. The third-order valence-corrected chi connectivity index (χ3v) is 5.93. The van der Waals surface area contributed by atoms with E-state index in [1.807, 2.05) is 0 Å². The smallest absolute Gasteiger partial charge is 0.0614 e. The highest BCUT2D eigenvalue weighted by molar-refractivity contribution is 5.04. The van der Waals surface area contributed by atoms with Gasteiger partial charge in [-0.1, -0.05) is 20.8 Å². The Morgan fingerprint density at radius 3 is 2.50 bits per heavy atom. The highest BCUT2D eigenvalue weighted by Gasteiger charge is 2.45. The predicted octanol–water partition coefficient (Wildman–Crippen LogP) is 2.39. The van der Waals surface area contributed by atoms with Gasteiger partial charge in [0.2, 0.25) is 0 Å². The van der Waals surface area contributed by atoms with Crippen molar-refractivity contribution in [3.63, 3.8) is 0 Å². The Bertz CT molecular complexity index is 347. The molecule has 1 saturated heterocycles. The molecule has 1 heterocycles. The van der Waals surface area contributed by atoms with Crippen LogP contribution in [0.5, 0.6) is 0 Å². The fraction of sp³-hybridized carbons (Fsp3) is 1.00. The Morgan fingerprint density at radius 2 is 1.95 bits per heavy atom. The molecule has 2 N–H and O–H groups in total. The Morgan fingerprint density at radius 1 is 1.20 bits per heavy atom. The van der Waals surface area contributed by atoms with Gasteiger partial charge in [0.15, 0.2) is 0 Å². The summed E-state index contributed by atoms with van der Waals surface area (Å²) in [4.78, 5) is 2.71. The fourth-order valence-electron chi connectivity index (χ4n) is 4.22. The zero-order valence-electron chi connectivity index (χ0n) is 13.5. The maximum absolute atomic E-state index is 9.85. The molecule has 116 valence electrons. The molecule has 1 aliphatic heterocycles. The fourth-order valence-corrected chi connectivity index (χ4v) is 4.22. The van der Waals surface area contributed by atoms with Crippen molar-refractivity contribution in [1.82, 2.24) is 10.2 Å². The van der Waals surface area contributed by atoms with E-state index < -0.39 is 0 Å². The molecule has 3 unspecified atom stereocenters. The van der Waals surface area contributed by atoms with Crippen molar-refractivity contribution < 1.29 is 5.11 Å². The van der Waals surface area contributed by atoms with Gasteiger partial charge in [0.1, 0.15) is 0 Å². The number of nitrogens with one attached hydrogen (secondary N) is 1. The van der Waals surface area contributed by atoms with E-state index in [9.17, 15) is 5.11 Å². The lowest BCUT2D eigenvalue weighted by molar-refractivity contribution is 0.143. The van der Waals surface area contributed by atoms with Crippen LogP contribution in [0.3, 0.4) is 0 Å². The molecular formula is C17H32N2O. The van der Waals surface area contributed by atoms with E-state index in [4.69, 9.17) is 0 Å². The largest absolute Gasteiger partial charge is 0.394 e. The van der Waals surface area contributed by atoms with E-state index in [0.29, 0.717) is 24.1 Å². The molecule has 3 atom stereocenters. The minimum atomic E-state index is 0.0334. The van der Waals surface area contributed by atoms with Crippen molar-refractivity contribution in [1.29, 1.82) is 0 Å². The second-order valence-electron chi connectivity index (χ2n) is 8.60. The first kappa shape index (κ1) is 14.8. The molecule has 0 aromatic heterocycles. The van der Waals surface area contributed by atoms with Crippen LogP contribution in [-0.4, -0.2) is 47.3 Å². The molecule has 2 saturated carbocycles. The molecule has 0 amide bonds. The summed E-state index contributed by atoms with van der Waals surface area (Å²) in [6.45, 7) is 9.97. The normalized spacial score (nSPS) is 39.6. The third-order valence-electron chi connectivity index (χ3n) is 5.93. The summed E-state index contributed by atoms with van der Waals surface area (Å²) < 4.78 is 0. The molecule has 0 radical (unpaired) electrons. The van der Waals surface area contributed by atoms with Crippen molar-refractivity contribution in [3.05, 3.63) is 0 Å². The van der Waals surface area contributed by atoms with Gasteiger partial charge in [-0.15, -0.1) is 0 Å². The molecule has 0 aromatic rings. The van der Waals surface area contributed by atoms with E-state index in [2.05, 4.69) is 31.0 Å². The number of rotatable bonds is 4. The summed E-state index contributed by atoms with van der Waals surface area (Å²) in [7, 11) is 0. The first-order valence-electron chi connectivity index (χ1n) is 8.54. The number of likely N-dealkylation sites (tertiary alicyclic amines) is 1. The van der Waals surface area contributed by atoms with Gasteiger partial charge >= 0.3 is 0 Å². The molecule has 0 spiro atoms. The Kier molecular flexibility index (Phi) is 3.89. The first-order chi connectivity index (χ1) is 9.42. The van der Waals surface area contributed by atoms with Crippen LogP contribution in [-0.2, 0) is 0 Å². The number of hydrogen-bond donors (Lipinski definition) is 2. The minimum absolute atomic E-state index is 0.0334. The Labute approximate surface area is 124 Å². The summed E-state index contributed by atoms with van der Waals surface area (Å²) in [6, 6.07) is 1.39. The predicted molar refractivity (Wildman–Crippen MR) is 82.7 cm³/mol. The van der Waals surface area contributed by atoms with E-state index >= 15 is 0 Å². The summed E-state index contributed by atoms with van der Waals surface area (Å²) in [6.07, 6.45) is 7.53. The zero-order valence-corrected chi connectivity index (χ0v) is 13.5. The molecule has 3 fully saturated rings. The van der Waals surface area contributed by atoms with E-state index in [1.165, 1.54) is 38.8 Å². The third kappa shape index (κ3) is 3.05. The average Bonchev–Trinajstić information content (AvgIpc) is 2.92. The van der Waals surface area contributed by atoms with Crippen LogP contribution in [0.15, 0.2) is 0 Å². The van der Waals surface area contributed by atoms with Crippen molar-refractivity contribution >= 4 is 0 Å². The lowest BCUT2D eigenvalue weighted by Crippen LogP contribution is -2.49. The van der Waals surface area contributed by atoms with Crippen molar-refractivity contribution in [3.8, 4) is 0 Å². The molecule has 3 aliphatic rings. The Hall–Kier alpha value is -0.120. The van der Waals surface area contributed by atoms with Gasteiger partial charge in [-0.25, -0.2) is 0 Å². The van der Waals surface area contributed by atoms with Crippen LogP contribution in [0.2, 0.25) is 0 Å². The van der Waals surface area contributed by atoms with Crippen LogP contribution >= 0.6 is 0 Å². The first-order valence-corrected chi connectivity index (χ1v) is 8.54. The van der Waals surface area contributed by atoms with Crippen molar-refractivity contribution in [2.75, 3.05) is 19.7 Å². The second kappa shape index (κ2) is 5.26. The van der Waals surface area contributed by atoms with Crippen LogP contribution in [0.4, 0.5) is 0 Å². The maximum Gasteiger partial charge on any atom is 0.0614 e. The molecule has 3 rings (SSSR count). The number of nitrogens with zero attached hydrogens (tertiary/aromatic N) is 1. The van der Waals surface area contributed by atoms with E-state index in [-0.39, 0.29) is 5.54 Å². The molecule has 3 nitrogen and oxygen atoms in total. The van der Waals surface area contributed by atoms with Gasteiger partial charge in [-0.3, -0.25) is 0 Å².